The van der Waals surface area contributed by atoms with E-state index in [1.807, 2.05) is 12.4 Å². The lowest BCUT2D eigenvalue weighted by Gasteiger charge is -2.19. The van der Waals surface area contributed by atoms with E-state index >= 15 is 0 Å². The molecule has 0 aliphatic heterocycles. The lowest BCUT2D eigenvalue weighted by Crippen LogP contribution is -2.05. The summed E-state index contributed by atoms with van der Waals surface area (Å²) in [5, 5.41) is 26.2. The predicted molar refractivity (Wildman–Crippen MR) is 380 cm³/mol. The lowest BCUT2D eigenvalue weighted by atomic mass is 10.0. The number of rotatable bonds is 7. The topological polar surface area (TPSA) is 66.3 Å². The second kappa shape index (κ2) is 19.2. The van der Waals surface area contributed by atoms with E-state index in [1.54, 1.807) is 0 Å². The highest BCUT2D eigenvalue weighted by molar-refractivity contribution is 6.17. The van der Waals surface area contributed by atoms with Crippen LogP contribution < -0.4 is 0 Å². The standard InChI is InChI=1S/C84H50N8/c85-51-70-83(91-79-37-33-54(87-71-25-9-1-17-58(71)59-18-2-10-26-72(59)87)47-66(79)67-48-55(34-38-80(67)91)88-73-27-11-3-19-60(73)61-20-4-12-28-74(61)88)45-53(52-41-43-86-44-42-52)46-84(70)92-81-39-35-56(89-75-29-13-5-21-62(75)63-22-6-14-30-76(63)89)49-68(81)69-50-57(36-40-82(69)92)90-77-31-15-7-23-64(77)65-24-8-16-32-78(65)90/h1-50H. The Balaban J connectivity index is 0.889. The van der Waals surface area contributed by atoms with Gasteiger partial charge < -0.3 is 27.4 Å². The number of para-hydroxylation sites is 8. The first-order valence-corrected chi connectivity index (χ1v) is 31.2. The molecule has 0 fully saturated rings. The van der Waals surface area contributed by atoms with Crippen LogP contribution in [-0.2, 0) is 0 Å². The molecule has 7 heterocycles. The second-order valence-corrected chi connectivity index (χ2v) is 24.2. The van der Waals surface area contributed by atoms with Gasteiger partial charge in [-0.2, -0.15) is 5.26 Å². The molecule has 8 nitrogen and oxygen atoms in total. The summed E-state index contributed by atoms with van der Waals surface area (Å²) in [7, 11) is 0. The highest BCUT2D eigenvalue weighted by Gasteiger charge is 2.26. The van der Waals surface area contributed by atoms with Gasteiger partial charge in [0.2, 0.25) is 0 Å². The Hall–Kier alpha value is -12.7. The Morgan fingerprint density at radius 3 is 0.685 bits per heavy atom. The van der Waals surface area contributed by atoms with Crippen LogP contribution in [-0.4, -0.2) is 32.4 Å². The molecule has 13 aromatic carbocycles. The Kier molecular flexibility index (Phi) is 10.5. The van der Waals surface area contributed by atoms with Crippen LogP contribution >= 0.6 is 0 Å². The van der Waals surface area contributed by atoms with Crippen LogP contribution in [0.3, 0.4) is 0 Å². The van der Waals surface area contributed by atoms with Crippen molar-refractivity contribution >= 4 is 131 Å². The predicted octanol–water partition coefficient (Wildman–Crippen LogP) is 21.2. The van der Waals surface area contributed by atoms with Gasteiger partial charge in [-0.25, -0.2) is 0 Å². The molecule has 0 atom stereocenters. The van der Waals surface area contributed by atoms with Gasteiger partial charge in [0.1, 0.15) is 11.6 Å². The fraction of sp³-hybridized carbons (Fsp3) is 0. The Morgan fingerprint density at radius 1 is 0.217 bits per heavy atom. The van der Waals surface area contributed by atoms with E-state index in [4.69, 9.17) is 0 Å². The molecular formula is C84H50N8. The Labute approximate surface area is 526 Å². The van der Waals surface area contributed by atoms with Crippen molar-refractivity contribution in [1.29, 1.82) is 5.26 Å². The van der Waals surface area contributed by atoms with E-state index in [2.05, 4.69) is 330 Å². The average molecular weight is 1170 g/mol. The highest BCUT2D eigenvalue weighted by Crippen LogP contribution is 2.45. The van der Waals surface area contributed by atoms with Crippen LogP contribution in [0.1, 0.15) is 5.56 Å². The molecule has 426 valence electrons. The first-order valence-electron chi connectivity index (χ1n) is 31.2. The zero-order chi connectivity index (χ0) is 60.3. The second-order valence-electron chi connectivity index (χ2n) is 24.2. The fourth-order valence-corrected chi connectivity index (χ4v) is 15.7. The number of fused-ring (bicyclic) bond motifs is 18. The van der Waals surface area contributed by atoms with Crippen molar-refractivity contribution in [3.05, 3.63) is 309 Å². The summed E-state index contributed by atoms with van der Waals surface area (Å²) in [6, 6.07) is 109. The molecule has 0 saturated heterocycles. The third kappa shape index (κ3) is 7.01. The maximum atomic E-state index is 12.3. The summed E-state index contributed by atoms with van der Waals surface area (Å²) in [6.07, 6.45) is 3.71. The van der Waals surface area contributed by atoms with Crippen LogP contribution in [0.15, 0.2) is 304 Å². The van der Waals surface area contributed by atoms with Crippen molar-refractivity contribution in [3.63, 3.8) is 0 Å². The summed E-state index contributed by atoms with van der Waals surface area (Å²) >= 11 is 0. The zero-order valence-electron chi connectivity index (χ0n) is 49.4. The molecule has 92 heavy (non-hydrogen) atoms. The van der Waals surface area contributed by atoms with Gasteiger partial charge in [-0.3, -0.25) is 4.98 Å². The monoisotopic (exact) mass is 1170 g/mol. The molecule has 0 spiro atoms. The molecule has 0 unspecified atom stereocenters. The van der Waals surface area contributed by atoms with Crippen LogP contribution in [0.4, 0.5) is 0 Å². The molecule has 20 aromatic rings. The van der Waals surface area contributed by atoms with Gasteiger partial charge in [0.25, 0.3) is 0 Å². The summed E-state index contributed by atoms with van der Waals surface area (Å²) < 4.78 is 14.3. The molecular weight excluding hydrogens is 1120 g/mol. The number of benzene rings is 13. The number of hydrogen-bond donors (Lipinski definition) is 0. The normalized spacial score (nSPS) is 12.1. The molecule has 8 heteroatoms. The first kappa shape index (κ1) is 50.3. The molecule has 0 N–H and O–H groups in total. The van der Waals surface area contributed by atoms with Gasteiger partial charge >= 0.3 is 0 Å². The Morgan fingerprint density at radius 2 is 0.446 bits per heavy atom. The van der Waals surface area contributed by atoms with Crippen LogP contribution in [0.5, 0.6) is 0 Å². The van der Waals surface area contributed by atoms with E-state index in [-0.39, 0.29) is 0 Å². The number of pyridine rings is 1. The highest BCUT2D eigenvalue weighted by atomic mass is 15.1. The van der Waals surface area contributed by atoms with E-state index in [0.29, 0.717) is 5.56 Å². The molecule has 7 aromatic heterocycles. The molecule has 20 rings (SSSR count). The molecule has 0 aliphatic carbocycles. The minimum absolute atomic E-state index is 0.538. The van der Waals surface area contributed by atoms with Gasteiger partial charge in [0.15, 0.2) is 0 Å². The van der Waals surface area contributed by atoms with Crippen molar-refractivity contribution in [2.45, 2.75) is 0 Å². The van der Waals surface area contributed by atoms with Gasteiger partial charge in [-0.15, -0.1) is 0 Å². The fourth-order valence-electron chi connectivity index (χ4n) is 15.7. The van der Waals surface area contributed by atoms with Gasteiger partial charge in [-0.05, 0) is 157 Å². The van der Waals surface area contributed by atoms with Gasteiger partial charge in [0, 0.05) is 99.8 Å². The van der Waals surface area contributed by atoms with Crippen molar-refractivity contribution in [1.82, 2.24) is 32.4 Å². The van der Waals surface area contributed by atoms with Crippen LogP contribution in [0.25, 0.3) is 176 Å². The largest absolute Gasteiger partial charge is 0.309 e. The maximum Gasteiger partial charge on any atom is 0.104 e. The molecule has 0 amide bonds. The number of nitriles is 1. The molecule has 0 aliphatic rings. The molecule has 0 radical (unpaired) electrons. The maximum absolute atomic E-state index is 12.3. The summed E-state index contributed by atoms with van der Waals surface area (Å²) in [5.41, 5.74) is 21.2. The van der Waals surface area contributed by atoms with E-state index in [0.717, 1.165) is 133 Å². The van der Waals surface area contributed by atoms with Crippen molar-refractivity contribution in [3.8, 4) is 51.3 Å². The van der Waals surface area contributed by atoms with Gasteiger partial charge in [-0.1, -0.05) is 146 Å². The number of aromatic nitrogens is 7. The van der Waals surface area contributed by atoms with Crippen molar-refractivity contribution in [2.24, 2.45) is 0 Å². The third-order valence-electron chi connectivity index (χ3n) is 19.5. The van der Waals surface area contributed by atoms with Crippen molar-refractivity contribution < 1.29 is 0 Å². The summed E-state index contributed by atoms with van der Waals surface area (Å²) in [6.45, 7) is 0. The van der Waals surface area contributed by atoms with E-state index < -0.39 is 0 Å². The summed E-state index contributed by atoms with van der Waals surface area (Å²) in [4.78, 5) is 4.51. The average Bonchev–Trinajstić information content (AvgIpc) is 1.56. The SMILES string of the molecule is N#Cc1c(-n2c3ccc(-n4c5ccccc5c5ccccc54)cc3c3cc(-n4c5ccccc5c5ccccc54)ccc32)cc(-c2ccncc2)cc1-n1c2ccc(-n3c4ccccc4c4ccccc43)cc2c2cc(-n3c4ccccc4c4ccccc43)ccc21. The van der Waals surface area contributed by atoms with Crippen molar-refractivity contribution in [2.75, 3.05) is 0 Å². The van der Waals surface area contributed by atoms with E-state index in [9.17, 15) is 5.26 Å². The summed E-state index contributed by atoms with van der Waals surface area (Å²) in [5.74, 6) is 0. The first-order chi connectivity index (χ1) is 45.6. The number of hydrogen-bond acceptors (Lipinski definition) is 2. The third-order valence-corrected chi connectivity index (χ3v) is 19.5. The molecule has 0 saturated carbocycles. The van der Waals surface area contributed by atoms with Crippen LogP contribution in [0, 0.1) is 11.3 Å². The lowest BCUT2D eigenvalue weighted by molar-refractivity contribution is 1.11. The minimum atomic E-state index is 0.538. The zero-order valence-corrected chi connectivity index (χ0v) is 49.4. The minimum Gasteiger partial charge on any atom is -0.309 e. The molecule has 0 bridgehead atoms. The van der Waals surface area contributed by atoms with E-state index in [1.165, 1.54) is 43.1 Å². The Bertz CT molecular complexity index is 5660. The smallest absolute Gasteiger partial charge is 0.104 e. The van der Waals surface area contributed by atoms with Gasteiger partial charge in [0.05, 0.1) is 77.6 Å². The van der Waals surface area contributed by atoms with Crippen LogP contribution in [0.2, 0.25) is 0 Å². The number of nitrogens with zero attached hydrogens (tertiary/aromatic N) is 8. The quantitative estimate of drug-likeness (QED) is 0.160.